The highest BCUT2D eigenvalue weighted by molar-refractivity contribution is 9.10. The second-order valence-corrected chi connectivity index (χ2v) is 4.40. The average Bonchev–Trinajstić information content (AvgIpc) is 2.73. The minimum atomic E-state index is -0.638. The number of hydrogen-bond acceptors (Lipinski definition) is 1. The zero-order valence-corrected chi connectivity index (χ0v) is 10.3. The molecule has 0 aliphatic rings. The Balaban J connectivity index is 2.69. The molecule has 1 nitrogen and oxygen atoms in total. The lowest BCUT2D eigenvalue weighted by molar-refractivity contribution is 0.581. The summed E-state index contributed by atoms with van der Waals surface area (Å²) in [4.78, 5) is 0. The van der Waals surface area contributed by atoms with E-state index in [1.54, 1.807) is 12.1 Å². The van der Waals surface area contributed by atoms with Crippen LogP contribution in [0.5, 0.6) is 0 Å². The van der Waals surface area contributed by atoms with E-state index in [0.717, 1.165) is 0 Å². The van der Waals surface area contributed by atoms with Gasteiger partial charge in [-0.2, -0.15) is 0 Å². The average molecular weight is 310 g/mol. The minimum Gasteiger partial charge on any atom is -0.464 e. The van der Waals surface area contributed by atoms with Crippen molar-refractivity contribution in [2.45, 2.75) is 0 Å². The van der Waals surface area contributed by atoms with Crippen LogP contribution >= 0.6 is 39.1 Å². The fourth-order valence-corrected chi connectivity index (χ4v) is 2.12. The van der Waals surface area contributed by atoms with Crippen molar-refractivity contribution in [3.05, 3.63) is 44.8 Å². The topological polar surface area (TPSA) is 13.1 Å². The van der Waals surface area contributed by atoms with Crippen LogP contribution in [0.15, 0.2) is 33.4 Å². The standard InChI is InChI=1S/C10H4BrCl2FO/c11-8-5(7-2-1-3-15-7)4-6(12)10(14)9(8)13/h1-4H. The Morgan fingerprint density at radius 1 is 1.33 bits per heavy atom. The van der Waals surface area contributed by atoms with Gasteiger partial charge in [-0.1, -0.05) is 23.2 Å². The summed E-state index contributed by atoms with van der Waals surface area (Å²) in [5, 5.41) is -0.0801. The Labute approximate surface area is 104 Å². The molecule has 1 heterocycles. The molecule has 0 atom stereocenters. The van der Waals surface area contributed by atoms with Crippen LogP contribution in [0.1, 0.15) is 0 Å². The van der Waals surface area contributed by atoms with Crippen molar-refractivity contribution in [1.82, 2.24) is 0 Å². The lowest BCUT2D eigenvalue weighted by atomic mass is 10.2. The molecule has 0 amide bonds. The molecule has 5 heteroatoms. The fraction of sp³-hybridized carbons (Fsp3) is 0. The third-order valence-electron chi connectivity index (χ3n) is 1.89. The van der Waals surface area contributed by atoms with Gasteiger partial charge in [-0.15, -0.1) is 0 Å². The maximum Gasteiger partial charge on any atom is 0.161 e. The second-order valence-electron chi connectivity index (χ2n) is 2.83. The fourth-order valence-electron chi connectivity index (χ4n) is 1.18. The van der Waals surface area contributed by atoms with E-state index in [1.165, 1.54) is 12.3 Å². The van der Waals surface area contributed by atoms with E-state index >= 15 is 0 Å². The monoisotopic (exact) mass is 308 g/mol. The lowest BCUT2D eigenvalue weighted by Crippen LogP contribution is -1.85. The van der Waals surface area contributed by atoms with Gasteiger partial charge in [0.2, 0.25) is 0 Å². The first-order chi connectivity index (χ1) is 7.11. The number of halogens is 4. The largest absolute Gasteiger partial charge is 0.464 e. The van der Waals surface area contributed by atoms with E-state index < -0.39 is 5.82 Å². The molecule has 15 heavy (non-hydrogen) atoms. The van der Waals surface area contributed by atoms with Gasteiger partial charge in [-0.3, -0.25) is 0 Å². The summed E-state index contributed by atoms with van der Waals surface area (Å²) in [6.45, 7) is 0. The van der Waals surface area contributed by atoms with Gasteiger partial charge < -0.3 is 4.42 Å². The highest BCUT2D eigenvalue weighted by atomic mass is 79.9. The lowest BCUT2D eigenvalue weighted by Gasteiger charge is -2.05. The van der Waals surface area contributed by atoms with Crippen molar-refractivity contribution in [2.75, 3.05) is 0 Å². The Kier molecular flexibility index (Phi) is 3.05. The van der Waals surface area contributed by atoms with Gasteiger partial charge in [0.25, 0.3) is 0 Å². The Hall–Kier alpha value is -0.510. The van der Waals surface area contributed by atoms with Gasteiger partial charge in [-0.25, -0.2) is 4.39 Å². The van der Waals surface area contributed by atoms with Crippen LogP contribution in [0.2, 0.25) is 10.0 Å². The molecule has 1 aromatic carbocycles. The Bertz CT molecular complexity index is 497. The molecule has 0 radical (unpaired) electrons. The van der Waals surface area contributed by atoms with E-state index in [9.17, 15) is 4.39 Å². The summed E-state index contributed by atoms with van der Waals surface area (Å²) in [5.41, 5.74) is 0.622. The van der Waals surface area contributed by atoms with Crippen molar-refractivity contribution in [1.29, 1.82) is 0 Å². The maximum atomic E-state index is 13.3. The van der Waals surface area contributed by atoms with Crippen molar-refractivity contribution in [3.63, 3.8) is 0 Å². The smallest absolute Gasteiger partial charge is 0.161 e. The zero-order chi connectivity index (χ0) is 11.0. The van der Waals surface area contributed by atoms with Gasteiger partial charge in [-0.05, 0) is 34.1 Å². The van der Waals surface area contributed by atoms with Crippen molar-refractivity contribution in [2.24, 2.45) is 0 Å². The predicted molar refractivity (Wildman–Crippen MR) is 61.8 cm³/mol. The summed E-state index contributed by atoms with van der Waals surface area (Å²) in [6.07, 6.45) is 1.52. The van der Waals surface area contributed by atoms with Gasteiger partial charge in [0, 0.05) is 5.56 Å². The van der Waals surface area contributed by atoms with Gasteiger partial charge in [0.05, 0.1) is 20.8 Å². The van der Waals surface area contributed by atoms with E-state index in [4.69, 9.17) is 27.6 Å². The van der Waals surface area contributed by atoms with Crippen LogP contribution in [0.25, 0.3) is 11.3 Å². The highest BCUT2D eigenvalue weighted by Gasteiger charge is 2.16. The van der Waals surface area contributed by atoms with E-state index in [1.807, 2.05) is 0 Å². The maximum absolute atomic E-state index is 13.3. The first-order valence-electron chi connectivity index (χ1n) is 3.98. The number of benzene rings is 1. The van der Waals surface area contributed by atoms with Crippen LogP contribution in [0, 0.1) is 5.82 Å². The molecule has 0 spiro atoms. The first kappa shape index (κ1) is 11.0. The van der Waals surface area contributed by atoms with E-state index in [0.29, 0.717) is 15.8 Å². The molecule has 1 aromatic heterocycles. The van der Waals surface area contributed by atoms with Crippen LogP contribution < -0.4 is 0 Å². The van der Waals surface area contributed by atoms with Gasteiger partial charge >= 0.3 is 0 Å². The van der Waals surface area contributed by atoms with Crippen molar-refractivity contribution in [3.8, 4) is 11.3 Å². The molecule has 0 aliphatic heterocycles. The third-order valence-corrected chi connectivity index (χ3v) is 3.57. The van der Waals surface area contributed by atoms with Gasteiger partial charge in [0.15, 0.2) is 5.82 Å². The van der Waals surface area contributed by atoms with E-state index in [2.05, 4.69) is 15.9 Å². The normalized spacial score (nSPS) is 10.7. The second kappa shape index (κ2) is 4.16. The van der Waals surface area contributed by atoms with E-state index in [-0.39, 0.29) is 10.0 Å². The molecule has 0 N–H and O–H groups in total. The molecule has 0 fully saturated rings. The Morgan fingerprint density at radius 2 is 2.07 bits per heavy atom. The molecule has 0 saturated carbocycles. The number of furan rings is 1. The summed E-state index contributed by atoms with van der Waals surface area (Å²) in [7, 11) is 0. The quantitative estimate of drug-likeness (QED) is 0.524. The Morgan fingerprint density at radius 3 is 2.67 bits per heavy atom. The number of rotatable bonds is 1. The van der Waals surface area contributed by atoms with Crippen molar-refractivity contribution < 1.29 is 8.81 Å². The van der Waals surface area contributed by atoms with Crippen LogP contribution in [-0.2, 0) is 0 Å². The molecule has 0 saturated heterocycles. The molecular weight excluding hydrogens is 306 g/mol. The molecule has 0 aliphatic carbocycles. The van der Waals surface area contributed by atoms with Crippen LogP contribution in [-0.4, -0.2) is 0 Å². The molecule has 0 bridgehead atoms. The third kappa shape index (κ3) is 1.92. The predicted octanol–water partition coefficient (Wildman–Crippen LogP) is 5.16. The minimum absolute atomic E-state index is 0.0328. The molecule has 2 rings (SSSR count). The van der Waals surface area contributed by atoms with Gasteiger partial charge in [0.1, 0.15) is 5.76 Å². The summed E-state index contributed by atoms with van der Waals surface area (Å²) in [5.74, 6) is -0.0637. The SMILES string of the molecule is Fc1c(Cl)cc(-c2ccco2)c(Br)c1Cl. The zero-order valence-electron chi connectivity index (χ0n) is 7.23. The highest BCUT2D eigenvalue weighted by Crippen LogP contribution is 2.39. The molecular formula is C10H4BrCl2FO. The summed E-state index contributed by atoms with van der Waals surface area (Å²) < 4.78 is 18.9. The molecule has 2 aromatic rings. The summed E-state index contributed by atoms with van der Waals surface area (Å²) in [6, 6.07) is 4.93. The summed E-state index contributed by atoms with van der Waals surface area (Å²) >= 11 is 14.6. The number of hydrogen-bond donors (Lipinski definition) is 0. The molecule has 78 valence electrons. The van der Waals surface area contributed by atoms with Crippen molar-refractivity contribution >= 4 is 39.1 Å². The van der Waals surface area contributed by atoms with Crippen LogP contribution in [0.4, 0.5) is 4.39 Å². The molecule has 0 unspecified atom stereocenters. The first-order valence-corrected chi connectivity index (χ1v) is 5.53. The van der Waals surface area contributed by atoms with Crippen LogP contribution in [0.3, 0.4) is 0 Å².